The van der Waals surface area contributed by atoms with Gasteiger partial charge in [-0.25, -0.2) is 9.59 Å². The maximum Gasteiger partial charge on any atom is 0.410 e. The molecule has 0 aromatic heterocycles. The van der Waals surface area contributed by atoms with Gasteiger partial charge < -0.3 is 14.7 Å². The zero-order valence-electron chi connectivity index (χ0n) is 16.8. The molecule has 2 rings (SSSR count). The molecule has 1 aliphatic heterocycles. The van der Waals surface area contributed by atoms with E-state index in [-0.39, 0.29) is 12.5 Å². The van der Waals surface area contributed by atoms with Crippen molar-refractivity contribution >= 4 is 18.0 Å². The van der Waals surface area contributed by atoms with Crippen molar-refractivity contribution in [2.45, 2.75) is 51.8 Å². The lowest BCUT2D eigenvalue weighted by Gasteiger charge is -2.35. The highest BCUT2D eigenvalue weighted by Gasteiger charge is 2.41. The van der Waals surface area contributed by atoms with Crippen molar-refractivity contribution in [3.63, 3.8) is 0 Å². The Morgan fingerprint density at radius 1 is 1.37 bits per heavy atom. The lowest BCUT2D eigenvalue weighted by atomic mass is 9.96. The van der Waals surface area contributed by atoms with Gasteiger partial charge in [0, 0.05) is 14.9 Å². The number of hydrogen-bond acceptors (Lipinski definition) is 4. The topological polar surface area (TPSA) is 87.2 Å². The molecule has 1 aromatic carbocycles. The summed E-state index contributed by atoms with van der Waals surface area (Å²) in [6.45, 7) is 4.09. The fraction of sp³-hybridized carbons (Fsp3) is 0.550. The molecule has 7 nitrogen and oxygen atoms in total. The largest absolute Gasteiger partial charge is 0.480 e. The van der Waals surface area contributed by atoms with E-state index in [9.17, 15) is 19.5 Å². The first kappa shape index (κ1) is 19.2. The van der Waals surface area contributed by atoms with Gasteiger partial charge in [0.05, 0.1) is 0 Å². The third-order valence-electron chi connectivity index (χ3n) is 5.03. The van der Waals surface area contributed by atoms with Gasteiger partial charge >= 0.3 is 12.1 Å². The first-order valence-corrected chi connectivity index (χ1v) is 9.20. The van der Waals surface area contributed by atoms with Crippen LogP contribution in [0.1, 0.15) is 40.0 Å². The van der Waals surface area contributed by atoms with E-state index in [1.54, 1.807) is 0 Å². The molecule has 0 spiro atoms. The molecule has 27 heavy (non-hydrogen) atoms. The molecule has 1 heterocycles. The Morgan fingerprint density at radius 2 is 2.07 bits per heavy atom. The molecule has 1 fully saturated rings. The predicted octanol–water partition coefficient (Wildman–Crippen LogP) is 2.75. The summed E-state index contributed by atoms with van der Waals surface area (Å²) in [7, 11) is -0.444. The maximum atomic E-state index is 13.2. The molecule has 2 amide bonds. The lowest BCUT2D eigenvalue weighted by Crippen LogP contribution is -2.54. The average molecular weight is 377 g/mol. The smallest absolute Gasteiger partial charge is 0.410 e. The van der Waals surface area contributed by atoms with Gasteiger partial charge in [0.15, 0.2) is 0 Å². The number of amides is 2. The summed E-state index contributed by atoms with van der Waals surface area (Å²) in [6.07, 6.45) is 0.858. The van der Waals surface area contributed by atoms with Crippen LogP contribution in [0, 0.1) is 5.92 Å². The summed E-state index contributed by atoms with van der Waals surface area (Å²) < 4.78 is 13.1. The summed E-state index contributed by atoms with van der Waals surface area (Å²) in [5.74, 6) is -1.71. The van der Waals surface area contributed by atoms with E-state index in [1.807, 2.05) is 44.2 Å². The van der Waals surface area contributed by atoms with Gasteiger partial charge in [-0.2, -0.15) is 0 Å². The van der Waals surface area contributed by atoms with Gasteiger partial charge in [-0.15, -0.1) is 0 Å². The molecule has 0 unspecified atom stereocenters. The van der Waals surface area contributed by atoms with Crippen molar-refractivity contribution in [1.82, 2.24) is 9.80 Å². The average Bonchev–Trinajstić information content (AvgIpc) is 3.20. The van der Waals surface area contributed by atoms with E-state index >= 15 is 0 Å². The second-order valence-corrected chi connectivity index (χ2v) is 6.87. The number of rotatable bonds is 7. The molecule has 0 bridgehead atoms. The monoisotopic (exact) mass is 377 g/mol. The summed E-state index contributed by atoms with van der Waals surface area (Å²) in [4.78, 5) is 39.7. The highest BCUT2D eigenvalue weighted by molar-refractivity contribution is 5.90. The zero-order chi connectivity index (χ0) is 20.7. The molecular formula is C20H28N2O5. The SMILES string of the molecule is [2H]CN(C(=O)OCc1ccccc1)[C@H](C(=O)N1CCC[C@H]1C(=O)O)[C@H](C)CC. The Morgan fingerprint density at radius 3 is 2.67 bits per heavy atom. The Bertz CT molecular complexity index is 684. The molecule has 0 radical (unpaired) electrons. The van der Waals surface area contributed by atoms with Crippen LogP contribution in [0.3, 0.4) is 0 Å². The second kappa shape index (κ2) is 9.39. The van der Waals surface area contributed by atoms with E-state index in [0.29, 0.717) is 25.8 Å². The van der Waals surface area contributed by atoms with Crippen molar-refractivity contribution in [2.75, 3.05) is 13.6 Å². The summed E-state index contributed by atoms with van der Waals surface area (Å²) >= 11 is 0. The number of benzene rings is 1. The molecule has 0 aliphatic carbocycles. The van der Waals surface area contributed by atoms with Crippen LogP contribution in [0.4, 0.5) is 4.79 Å². The molecule has 1 saturated heterocycles. The van der Waals surface area contributed by atoms with Crippen LogP contribution >= 0.6 is 0 Å². The fourth-order valence-electron chi connectivity index (χ4n) is 3.28. The molecule has 7 heteroatoms. The Hall–Kier alpha value is -2.57. The molecule has 0 saturated carbocycles. The number of hydrogen-bond donors (Lipinski definition) is 1. The minimum atomic E-state index is -1.04. The van der Waals surface area contributed by atoms with Gasteiger partial charge in [-0.3, -0.25) is 9.69 Å². The quantitative estimate of drug-likeness (QED) is 0.789. The summed E-state index contributed by atoms with van der Waals surface area (Å²) in [6, 6.07) is 7.34. The number of carboxylic acids is 1. The summed E-state index contributed by atoms with van der Waals surface area (Å²) in [5.41, 5.74) is 0.803. The van der Waals surface area contributed by atoms with Crippen LogP contribution in [-0.2, 0) is 20.9 Å². The highest BCUT2D eigenvalue weighted by Crippen LogP contribution is 2.24. The fourth-order valence-corrected chi connectivity index (χ4v) is 3.28. The van der Waals surface area contributed by atoms with Gasteiger partial charge in [0.2, 0.25) is 5.91 Å². The summed E-state index contributed by atoms with van der Waals surface area (Å²) in [5, 5.41) is 9.39. The van der Waals surface area contributed by atoms with Crippen LogP contribution in [-0.4, -0.2) is 58.5 Å². The predicted molar refractivity (Wildman–Crippen MR) is 100 cm³/mol. The van der Waals surface area contributed by atoms with Crippen LogP contribution in [0.15, 0.2) is 30.3 Å². The number of likely N-dealkylation sites (N-methyl/N-ethyl adjacent to an activating group) is 1. The zero-order valence-corrected chi connectivity index (χ0v) is 15.8. The molecule has 148 valence electrons. The van der Waals surface area contributed by atoms with Gasteiger partial charge in [0.1, 0.15) is 18.7 Å². The van der Waals surface area contributed by atoms with Crippen LogP contribution in [0.5, 0.6) is 0 Å². The highest BCUT2D eigenvalue weighted by atomic mass is 16.6. The van der Waals surface area contributed by atoms with Crippen molar-refractivity contribution < 1.29 is 25.6 Å². The van der Waals surface area contributed by atoms with E-state index in [0.717, 1.165) is 10.5 Å². The van der Waals surface area contributed by atoms with Crippen molar-refractivity contribution in [3.8, 4) is 0 Å². The van der Waals surface area contributed by atoms with Gasteiger partial charge in [-0.1, -0.05) is 50.6 Å². The van der Waals surface area contributed by atoms with Gasteiger partial charge in [0.25, 0.3) is 0 Å². The minimum absolute atomic E-state index is 0.0407. The third kappa shape index (κ3) is 4.99. The van der Waals surface area contributed by atoms with Crippen molar-refractivity contribution in [2.24, 2.45) is 5.92 Å². The van der Waals surface area contributed by atoms with Crippen molar-refractivity contribution in [1.29, 1.82) is 0 Å². The van der Waals surface area contributed by atoms with E-state index < -0.39 is 37.1 Å². The number of carbonyl (C=O) groups excluding carboxylic acids is 2. The number of nitrogens with zero attached hydrogens (tertiary/aromatic N) is 2. The second-order valence-electron chi connectivity index (χ2n) is 6.87. The maximum absolute atomic E-state index is 13.2. The van der Waals surface area contributed by atoms with Gasteiger partial charge in [-0.05, 0) is 24.3 Å². The lowest BCUT2D eigenvalue weighted by molar-refractivity contribution is -0.150. The number of carbonyl (C=O) groups is 3. The molecule has 3 atom stereocenters. The third-order valence-corrected chi connectivity index (χ3v) is 5.03. The standard InChI is InChI=1S/C20H28N2O5/c1-4-14(2)17(18(23)22-12-8-11-16(22)19(24)25)21(3)20(26)27-13-15-9-6-5-7-10-15/h5-7,9-10,14,16-17H,4,8,11-13H2,1-3H3,(H,24,25)/t14-,16+,17+/m1/s1/i3D. The Labute approximate surface area is 161 Å². The van der Waals surface area contributed by atoms with Crippen LogP contribution in [0.2, 0.25) is 0 Å². The molecule has 1 N–H and O–H groups in total. The van der Waals surface area contributed by atoms with Crippen molar-refractivity contribution in [3.05, 3.63) is 35.9 Å². The number of likely N-dealkylation sites (tertiary alicyclic amines) is 1. The first-order valence-electron chi connectivity index (χ1n) is 9.91. The molecule has 1 aromatic rings. The van der Waals surface area contributed by atoms with E-state index in [4.69, 9.17) is 6.11 Å². The first-order chi connectivity index (χ1) is 13.4. The normalized spacial score (nSPS) is 19.1. The number of carboxylic acid groups (broad SMARTS) is 1. The van der Waals surface area contributed by atoms with Crippen LogP contribution < -0.4 is 0 Å². The Balaban J connectivity index is 2.17. The Kier molecular flexibility index (Phi) is 6.68. The minimum Gasteiger partial charge on any atom is -0.480 e. The number of aliphatic carboxylic acids is 1. The van der Waals surface area contributed by atoms with E-state index in [1.165, 1.54) is 4.90 Å². The molecular weight excluding hydrogens is 348 g/mol. The number of ether oxygens (including phenoxy) is 1. The van der Waals surface area contributed by atoms with E-state index in [2.05, 4.69) is 0 Å². The van der Waals surface area contributed by atoms with Crippen LogP contribution in [0.25, 0.3) is 0 Å². The molecule has 1 aliphatic rings.